The summed E-state index contributed by atoms with van der Waals surface area (Å²) in [5, 5.41) is 11.6. The number of halogens is 12. The average molecular weight is 693 g/mol. The predicted octanol–water partition coefficient (Wildman–Crippen LogP) is 7.32. The third kappa shape index (κ3) is 9.84. The maximum absolute atomic E-state index is 12.8. The van der Waals surface area contributed by atoms with Gasteiger partial charge in [-0.25, -0.2) is 0 Å². The first kappa shape index (κ1) is 37.1. The van der Waals surface area contributed by atoms with E-state index in [0.717, 1.165) is 9.80 Å². The number of rotatable bonds is 2. The van der Waals surface area contributed by atoms with E-state index in [1.807, 2.05) is 0 Å². The number of carbonyl (C=O) groups is 3. The van der Waals surface area contributed by atoms with E-state index >= 15 is 0 Å². The SMILES string of the molecule is O=C(c1cc(C(F)(F)F)cc(C(F)(F)F)c1)N1CCC(=NO)CC1.O=C1CCN(C(=O)c2cc(C(F)(F)F)cc(C(F)(F)F)c2)CC1. The zero-order valence-electron chi connectivity index (χ0n) is 23.7. The summed E-state index contributed by atoms with van der Waals surface area (Å²) in [5.41, 5.74) is -7.10. The number of carbonyl (C=O) groups excluding carboxylic acids is 3. The second-order valence-electron chi connectivity index (χ2n) is 10.4. The molecule has 2 saturated heterocycles. The van der Waals surface area contributed by atoms with Crippen LogP contribution in [-0.4, -0.2) is 64.5 Å². The highest BCUT2D eigenvalue weighted by molar-refractivity contribution is 5.97. The number of benzene rings is 2. The van der Waals surface area contributed by atoms with Crippen molar-refractivity contribution in [2.75, 3.05) is 26.2 Å². The van der Waals surface area contributed by atoms with Crippen molar-refractivity contribution in [1.82, 2.24) is 9.80 Å². The number of nitrogens with zero attached hydrogens (tertiary/aromatic N) is 3. The van der Waals surface area contributed by atoms with Crippen LogP contribution in [0.25, 0.3) is 0 Å². The van der Waals surface area contributed by atoms with Crippen molar-refractivity contribution in [1.29, 1.82) is 0 Å². The Hall–Kier alpha value is -4.32. The predicted molar refractivity (Wildman–Crippen MR) is 137 cm³/mol. The molecule has 4 rings (SSSR count). The van der Waals surface area contributed by atoms with Gasteiger partial charge in [0.05, 0.1) is 28.0 Å². The molecule has 2 fully saturated rings. The molecule has 7 nitrogen and oxygen atoms in total. The third-order valence-electron chi connectivity index (χ3n) is 7.05. The van der Waals surface area contributed by atoms with E-state index in [2.05, 4.69) is 5.16 Å². The molecule has 0 atom stereocenters. The second kappa shape index (κ2) is 13.8. The normalized spacial score (nSPS) is 16.4. The van der Waals surface area contributed by atoms with Crippen molar-refractivity contribution < 1.29 is 72.3 Å². The van der Waals surface area contributed by atoms with Crippen LogP contribution in [0, 0.1) is 0 Å². The van der Waals surface area contributed by atoms with E-state index in [-0.39, 0.29) is 69.8 Å². The molecule has 47 heavy (non-hydrogen) atoms. The first-order chi connectivity index (χ1) is 21.5. The van der Waals surface area contributed by atoms with Gasteiger partial charge in [0, 0.05) is 63.0 Å². The molecule has 0 radical (unpaired) electrons. The number of ketones is 1. The molecule has 0 saturated carbocycles. The molecular weight excluding hydrogens is 670 g/mol. The number of piperidine rings is 2. The molecule has 2 aliphatic rings. The summed E-state index contributed by atoms with van der Waals surface area (Å²) in [5.74, 6) is -1.98. The first-order valence-electron chi connectivity index (χ1n) is 13.4. The summed E-state index contributed by atoms with van der Waals surface area (Å²) in [6.45, 7) is 0.0656. The minimum Gasteiger partial charge on any atom is -0.411 e. The Morgan fingerprint density at radius 2 is 0.809 bits per heavy atom. The van der Waals surface area contributed by atoms with Gasteiger partial charge in [-0.05, 0) is 36.4 Å². The quantitative estimate of drug-likeness (QED) is 0.203. The fraction of sp³-hybridized carbons (Fsp3) is 0.429. The first-order valence-corrected chi connectivity index (χ1v) is 13.4. The second-order valence-corrected chi connectivity index (χ2v) is 10.4. The number of amides is 2. The van der Waals surface area contributed by atoms with E-state index in [4.69, 9.17) is 5.21 Å². The van der Waals surface area contributed by atoms with Crippen molar-refractivity contribution in [3.05, 3.63) is 69.8 Å². The van der Waals surface area contributed by atoms with Crippen LogP contribution in [0.2, 0.25) is 0 Å². The van der Waals surface area contributed by atoms with Gasteiger partial charge >= 0.3 is 24.7 Å². The van der Waals surface area contributed by atoms with E-state index in [1.54, 1.807) is 0 Å². The lowest BCUT2D eigenvalue weighted by molar-refractivity contribution is -0.144. The van der Waals surface area contributed by atoms with Crippen LogP contribution in [0.5, 0.6) is 0 Å². The lowest BCUT2D eigenvalue weighted by Crippen LogP contribution is -2.38. The highest BCUT2D eigenvalue weighted by Gasteiger charge is 2.39. The molecule has 2 amide bonds. The minimum atomic E-state index is -5.01. The van der Waals surface area contributed by atoms with Crippen LogP contribution >= 0.6 is 0 Å². The molecule has 0 aromatic heterocycles. The number of Topliss-reactive ketones (excluding diaryl/α,β-unsaturated/α-hetero) is 1. The fourth-order valence-corrected chi connectivity index (χ4v) is 4.55. The molecule has 258 valence electrons. The Bertz CT molecular complexity index is 1440. The number of likely N-dealkylation sites (tertiary alicyclic amines) is 2. The summed E-state index contributed by atoms with van der Waals surface area (Å²) < 4.78 is 153. The molecule has 0 bridgehead atoms. The Labute approximate surface area is 257 Å². The van der Waals surface area contributed by atoms with E-state index in [0.29, 0.717) is 30.0 Å². The van der Waals surface area contributed by atoms with Gasteiger partial charge in [-0.15, -0.1) is 0 Å². The molecule has 0 aliphatic carbocycles. The monoisotopic (exact) mass is 693 g/mol. The molecule has 0 unspecified atom stereocenters. The van der Waals surface area contributed by atoms with Gasteiger partial charge in [0.25, 0.3) is 11.8 Å². The highest BCUT2D eigenvalue weighted by Crippen LogP contribution is 2.38. The van der Waals surface area contributed by atoms with Gasteiger partial charge in [0.1, 0.15) is 5.78 Å². The summed E-state index contributed by atoms with van der Waals surface area (Å²) in [6, 6.07) is 1.56. The van der Waals surface area contributed by atoms with Crippen LogP contribution in [-0.2, 0) is 29.5 Å². The van der Waals surface area contributed by atoms with Crippen molar-refractivity contribution in [2.45, 2.75) is 50.4 Å². The smallest absolute Gasteiger partial charge is 0.411 e. The number of alkyl halides is 12. The third-order valence-corrected chi connectivity index (χ3v) is 7.05. The number of oxime groups is 1. The van der Waals surface area contributed by atoms with Gasteiger partial charge < -0.3 is 15.0 Å². The van der Waals surface area contributed by atoms with Crippen LogP contribution in [0.4, 0.5) is 52.7 Å². The largest absolute Gasteiger partial charge is 0.416 e. The highest BCUT2D eigenvalue weighted by atomic mass is 19.4. The minimum absolute atomic E-state index is 0.0186. The van der Waals surface area contributed by atoms with E-state index in [9.17, 15) is 67.1 Å². The zero-order chi connectivity index (χ0) is 35.5. The number of hydrogen-bond acceptors (Lipinski definition) is 5. The molecule has 2 aliphatic heterocycles. The molecule has 1 N–H and O–H groups in total. The van der Waals surface area contributed by atoms with E-state index in [1.165, 1.54) is 0 Å². The van der Waals surface area contributed by atoms with Crippen molar-refractivity contribution in [3.8, 4) is 0 Å². The van der Waals surface area contributed by atoms with Gasteiger partial charge in [-0.1, -0.05) is 5.16 Å². The van der Waals surface area contributed by atoms with Crippen LogP contribution < -0.4 is 0 Å². The van der Waals surface area contributed by atoms with Crippen molar-refractivity contribution in [2.24, 2.45) is 5.16 Å². The molecule has 2 aromatic carbocycles. The molecular formula is C28H23F12N3O4. The zero-order valence-corrected chi connectivity index (χ0v) is 23.7. The summed E-state index contributed by atoms with van der Waals surface area (Å²) in [7, 11) is 0. The van der Waals surface area contributed by atoms with Gasteiger partial charge in [-0.3, -0.25) is 14.4 Å². The molecule has 2 aromatic rings. The van der Waals surface area contributed by atoms with Gasteiger partial charge in [0.2, 0.25) is 0 Å². The Balaban J connectivity index is 0.000000256. The average Bonchev–Trinajstić information content (AvgIpc) is 2.99. The molecule has 19 heteroatoms. The maximum Gasteiger partial charge on any atom is 0.416 e. The lowest BCUT2D eigenvalue weighted by atomic mass is 10.0. The molecule has 0 spiro atoms. The summed E-state index contributed by atoms with van der Waals surface area (Å²) >= 11 is 0. The van der Waals surface area contributed by atoms with E-state index < -0.39 is 69.9 Å². The van der Waals surface area contributed by atoms with Gasteiger partial charge in [0.15, 0.2) is 0 Å². The van der Waals surface area contributed by atoms with Crippen LogP contribution in [0.1, 0.15) is 68.7 Å². The van der Waals surface area contributed by atoms with Crippen molar-refractivity contribution >= 4 is 23.3 Å². The van der Waals surface area contributed by atoms with Crippen molar-refractivity contribution in [3.63, 3.8) is 0 Å². The summed E-state index contributed by atoms with van der Waals surface area (Å²) in [6.07, 6.45) is -19.5. The Kier molecular flexibility index (Phi) is 10.9. The summed E-state index contributed by atoms with van der Waals surface area (Å²) in [4.78, 5) is 37.7. The maximum atomic E-state index is 12.8. The lowest BCUT2D eigenvalue weighted by Gasteiger charge is -2.27. The number of hydrogen-bond donors (Lipinski definition) is 1. The Morgan fingerprint density at radius 1 is 0.532 bits per heavy atom. The Morgan fingerprint density at radius 3 is 1.06 bits per heavy atom. The molecule has 2 heterocycles. The van der Waals surface area contributed by atoms with Gasteiger partial charge in [-0.2, -0.15) is 52.7 Å². The van der Waals surface area contributed by atoms with Crippen LogP contribution in [0.3, 0.4) is 0 Å². The van der Waals surface area contributed by atoms with Crippen LogP contribution in [0.15, 0.2) is 41.6 Å². The standard InChI is InChI=1S/C14H12F6N2O2.C14H11F6NO2/c15-13(16,17)9-5-8(6-10(7-9)14(18,19)20)12(23)22-3-1-11(21-24)2-4-22;15-13(16,17)9-5-8(6-10(7-9)14(18,19)20)12(23)21-3-1-11(22)2-4-21/h5-7,24H,1-4H2;5-7H,1-4H2. The topological polar surface area (TPSA) is 90.3 Å². The fourth-order valence-electron chi connectivity index (χ4n) is 4.55.